The minimum Gasteiger partial charge on any atom is -0.466 e. The zero-order valence-electron chi connectivity index (χ0n) is 14.7. The summed E-state index contributed by atoms with van der Waals surface area (Å²) < 4.78 is 127. The summed E-state index contributed by atoms with van der Waals surface area (Å²) in [5.74, 6) is -12.9. The molecule has 15 heteroatoms. The second kappa shape index (κ2) is 11.2. The summed E-state index contributed by atoms with van der Waals surface area (Å²) in [5, 5.41) is 8.54. The van der Waals surface area contributed by atoms with Crippen LogP contribution in [0, 0.1) is 0 Å². The lowest BCUT2D eigenvalue weighted by Gasteiger charge is -2.23. The molecule has 172 valence electrons. The van der Waals surface area contributed by atoms with E-state index < -0.39 is 54.7 Å². The molecule has 0 rings (SSSR count). The van der Waals surface area contributed by atoms with Gasteiger partial charge in [0.1, 0.15) is 6.10 Å². The molecule has 0 spiro atoms. The summed E-state index contributed by atoms with van der Waals surface area (Å²) in [4.78, 5) is 21.0. The number of carbonyl (C=O) groups is 2. The first-order valence-corrected chi connectivity index (χ1v) is 7.42. The third kappa shape index (κ3) is 10.3. The van der Waals surface area contributed by atoms with Crippen LogP contribution in [0.4, 0.5) is 43.9 Å². The van der Waals surface area contributed by atoms with E-state index in [4.69, 9.17) is 5.11 Å². The summed E-state index contributed by atoms with van der Waals surface area (Å²) in [6.07, 6.45) is -16.6. The predicted molar refractivity (Wildman–Crippen MR) is 75.0 cm³/mol. The molecule has 0 aliphatic heterocycles. The Morgan fingerprint density at radius 3 is 1.66 bits per heavy atom. The van der Waals surface area contributed by atoms with Crippen LogP contribution in [0.3, 0.4) is 0 Å². The van der Waals surface area contributed by atoms with E-state index in [0.717, 1.165) is 0 Å². The lowest BCUT2D eigenvalue weighted by molar-refractivity contribution is -0.312. The molecular weight excluding hydrogens is 438 g/mol. The molecule has 0 radical (unpaired) electrons. The molecular formula is C14H16F10O5. The first-order valence-electron chi connectivity index (χ1n) is 7.42. The molecule has 5 nitrogen and oxygen atoms in total. The summed E-state index contributed by atoms with van der Waals surface area (Å²) in [7, 11) is 0. The van der Waals surface area contributed by atoms with Crippen molar-refractivity contribution < 1.29 is 68.1 Å². The van der Waals surface area contributed by atoms with E-state index in [1.165, 1.54) is 13.8 Å². The Morgan fingerprint density at radius 1 is 0.862 bits per heavy atom. The Kier molecular flexibility index (Phi) is 11.3. The molecule has 0 aromatic heterocycles. The van der Waals surface area contributed by atoms with Crippen molar-refractivity contribution in [1.29, 1.82) is 0 Å². The van der Waals surface area contributed by atoms with E-state index >= 15 is 0 Å². The van der Waals surface area contributed by atoms with Crippen molar-refractivity contribution in [2.75, 3.05) is 13.2 Å². The first-order chi connectivity index (χ1) is 12.8. The van der Waals surface area contributed by atoms with Crippen molar-refractivity contribution in [2.24, 2.45) is 0 Å². The number of carbonyl (C=O) groups excluding carboxylic acids is 2. The van der Waals surface area contributed by atoms with E-state index in [2.05, 4.69) is 9.47 Å². The minimum atomic E-state index is -5.89. The molecule has 0 amide bonds. The van der Waals surface area contributed by atoms with Gasteiger partial charge in [0.05, 0.1) is 19.6 Å². The molecule has 0 saturated carbocycles. The van der Waals surface area contributed by atoms with Crippen LogP contribution >= 0.6 is 0 Å². The van der Waals surface area contributed by atoms with Crippen molar-refractivity contribution in [2.45, 2.75) is 50.6 Å². The fourth-order valence-corrected chi connectivity index (χ4v) is 1.15. The Labute approximate surface area is 157 Å². The smallest absolute Gasteiger partial charge is 0.457 e. The van der Waals surface area contributed by atoms with Gasteiger partial charge in [-0.2, -0.15) is 43.9 Å². The monoisotopic (exact) mass is 454 g/mol. The standard InChI is InChI=1S/C7H9F5O3.C7H7F5O2/c1-2-15-5(14)3-4(13)6(8,9)7(10,11)12;1-2-14-5(13)3-4-6(8,9)7(10,11)12/h4,13H,2-3H2,1H3;3-4H,2H2,1H3/b;4-3+. The number of aliphatic hydroxyl groups excluding tert-OH is 1. The van der Waals surface area contributed by atoms with Gasteiger partial charge in [0.25, 0.3) is 0 Å². The fraction of sp³-hybridized carbons (Fsp3) is 0.714. The lowest BCUT2D eigenvalue weighted by Crippen LogP contribution is -2.47. The van der Waals surface area contributed by atoms with Crippen LogP contribution in [0.2, 0.25) is 0 Å². The molecule has 0 saturated heterocycles. The van der Waals surface area contributed by atoms with Gasteiger partial charge in [0, 0.05) is 12.2 Å². The van der Waals surface area contributed by atoms with Gasteiger partial charge in [-0.1, -0.05) is 0 Å². The van der Waals surface area contributed by atoms with Crippen molar-refractivity contribution >= 4 is 11.9 Å². The number of esters is 2. The van der Waals surface area contributed by atoms with E-state index in [9.17, 15) is 53.5 Å². The third-order valence-corrected chi connectivity index (χ3v) is 2.56. The highest BCUT2D eigenvalue weighted by Crippen LogP contribution is 2.39. The number of hydrogen-bond acceptors (Lipinski definition) is 5. The largest absolute Gasteiger partial charge is 0.466 e. The highest BCUT2D eigenvalue weighted by Gasteiger charge is 2.62. The lowest BCUT2D eigenvalue weighted by atomic mass is 10.1. The molecule has 0 aliphatic rings. The van der Waals surface area contributed by atoms with Crippen LogP contribution in [-0.4, -0.2) is 60.6 Å². The Hall–Kier alpha value is -2.06. The van der Waals surface area contributed by atoms with Gasteiger partial charge in [0.15, 0.2) is 0 Å². The van der Waals surface area contributed by atoms with Crippen LogP contribution in [0.25, 0.3) is 0 Å². The van der Waals surface area contributed by atoms with Gasteiger partial charge in [-0.05, 0) is 13.8 Å². The second-order valence-corrected chi connectivity index (χ2v) is 4.85. The number of halogens is 10. The average molecular weight is 454 g/mol. The van der Waals surface area contributed by atoms with Crippen molar-refractivity contribution in [3.05, 3.63) is 12.2 Å². The maximum atomic E-state index is 12.3. The van der Waals surface area contributed by atoms with Crippen molar-refractivity contribution in [3.63, 3.8) is 0 Å². The number of allylic oxidation sites excluding steroid dienone is 1. The molecule has 0 fully saturated rings. The zero-order chi connectivity index (χ0) is 23.7. The number of alkyl halides is 10. The third-order valence-electron chi connectivity index (χ3n) is 2.56. The zero-order valence-corrected chi connectivity index (χ0v) is 14.7. The second-order valence-electron chi connectivity index (χ2n) is 4.85. The number of hydrogen-bond donors (Lipinski definition) is 1. The first kappa shape index (κ1) is 29.1. The summed E-state index contributed by atoms with van der Waals surface area (Å²) in [6, 6.07) is 0. The molecule has 1 N–H and O–H groups in total. The molecule has 0 heterocycles. The summed E-state index contributed by atoms with van der Waals surface area (Å²) in [5.41, 5.74) is 0. The quantitative estimate of drug-likeness (QED) is 0.360. The molecule has 0 aromatic carbocycles. The van der Waals surface area contributed by atoms with Gasteiger partial charge in [0.2, 0.25) is 0 Å². The van der Waals surface area contributed by atoms with Crippen LogP contribution < -0.4 is 0 Å². The summed E-state index contributed by atoms with van der Waals surface area (Å²) >= 11 is 0. The van der Waals surface area contributed by atoms with E-state index in [0.29, 0.717) is 0 Å². The van der Waals surface area contributed by atoms with Crippen LogP contribution in [0.15, 0.2) is 12.2 Å². The van der Waals surface area contributed by atoms with Gasteiger partial charge in [-0.25, -0.2) is 4.79 Å². The highest BCUT2D eigenvalue weighted by atomic mass is 19.4. The fourth-order valence-electron chi connectivity index (χ4n) is 1.15. The van der Waals surface area contributed by atoms with Gasteiger partial charge < -0.3 is 14.6 Å². The van der Waals surface area contributed by atoms with Crippen LogP contribution in [-0.2, 0) is 19.1 Å². The Morgan fingerprint density at radius 2 is 1.31 bits per heavy atom. The minimum absolute atomic E-state index is 0.0526. The molecule has 1 unspecified atom stereocenters. The van der Waals surface area contributed by atoms with Gasteiger partial charge in [-0.3, -0.25) is 4.79 Å². The molecule has 0 aliphatic carbocycles. The van der Waals surface area contributed by atoms with Gasteiger partial charge in [-0.15, -0.1) is 0 Å². The average Bonchev–Trinajstić information content (AvgIpc) is 2.52. The normalized spacial score (nSPS) is 14.1. The van der Waals surface area contributed by atoms with Crippen LogP contribution in [0.1, 0.15) is 20.3 Å². The summed E-state index contributed by atoms with van der Waals surface area (Å²) in [6.45, 7) is 2.49. The topological polar surface area (TPSA) is 72.8 Å². The van der Waals surface area contributed by atoms with Crippen molar-refractivity contribution in [1.82, 2.24) is 0 Å². The number of ether oxygens (including phenoxy) is 2. The van der Waals surface area contributed by atoms with E-state index in [-0.39, 0.29) is 19.3 Å². The molecule has 29 heavy (non-hydrogen) atoms. The molecule has 0 bridgehead atoms. The maximum absolute atomic E-state index is 12.3. The van der Waals surface area contributed by atoms with E-state index in [1.54, 1.807) is 0 Å². The molecule has 1 atom stereocenters. The molecule has 0 aromatic rings. The van der Waals surface area contributed by atoms with Crippen LogP contribution in [0.5, 0.6) is 0 Å². The van der Waals surface area contributed by atoms with Gasteiger partial charge >= 0.3 is 36.1 Å². The maximum Gasteiger partial charge on any atom is 0.457 e. The number of rotatable bonds is 7. The Bertz CT molecular complexity index is 554. The predicted octanol–water partition coefficient (Wildman–Crippen LogP) is 3.80. The number of aliphatic hydroxyl groups is 1. The van der Waals surface area contributed by atoms with E-state index in [1.807, 2.05) is 0 Å². The Balaban J connectivity index is 0. The highest BCUT2D eigenvalue weighted by molar-refractivity contribution is 5.82. The SMILES string of the molecule is CCOC(=O)/C=C/C(F)(F)C(F)(F)F.CCOC(=O)CC(O)C(F)(F)C(F)(F)F. The van der Waals surface area contributed by atoms with Crippen molar-refractivity contribution in [3.8, 4) is 0 Å².